The van der Waals surface area contributed by atoms with Crippen molar-refractivity contribution in [1.82, 2.24) is 20.4 Å². The zero-order valence-corrected chi connectivity index (χ0v) is 32.1. The molecule has 0 spiro atoms. The van der Waals surface area contributed by atoms with E-state index in [1.807, 2.05) is 46.4 Å². The molecule has 1 saturated carbocycles. The van der Waals surface area contributed by atoms with Crippen molar-refractivity contribution in [3.05, 3.63) is 0 Å². The second kappa shape index (κ2) is 23.4. The summed E-state index contributed by atoms with van der Waals surface area (Å²) in [6, 6.07) is 0. The number of ether oxygens (including phenoxy) is 2. The number of primary amides is 2. The second-order valence-electron chi connectivity index (χ2n) is 14.9. The Morgan fingerprint density at radius 1 is 0.617 bits per heavy atom. The Bertz CT molecular complexity index is 906. The zero-order chi connectivity index (χ0) is 34.8. The van der Waals surface area contributed by atoms with E-state index in [2.05, 4.69) is 15.5 Å². The smallest absolute Gasteiger partial charge is 0.407 e. The molecule has 0 aromatic heterocycles. The number of nitrogens with two attached hydrogens (primary N) is 3. The monoisotopic (exact) mass is 782 g/mol. The van der Waals surface area contributed by atoms with Crippen molar-refractivity contribution in [3.8, 4) is 0 Å². The molecular weight excluding hydrogens is 717 g/mol. The summed E-state index contributed by atoms with van der Waals surface area (Å²) in [4.78, 5) is 48.4. The fourth-order valence-electron chi connectivity index (χ4n) is 5.64. The third-order valence-corrected chi connectivity index (χ3v) is 8.10. The van der Waals surface area contributed by atoms with Crippen LogP contribution in [0.4, 0.5) is 9.59 Å². The highest BCUT2D eigenvalue weighted by Gasteiger charge is 2.23. The fourth-order valence-corrected chi connectivity index (χ4v) is 5.64. The van der Waals surface area contributed by atoms with Gasteiger partial charge in [-0.3, -0.25) is 19.4 Å². The van der Waals surface area contributed by atoms with Gasteiger partial charge >= 0.3 is 12.2 Å². The molecule has 14 heteroatoms. The van der Waals surface area contributed by atoms with Crippen molar-refractivity contribution in [2.24, 2.45) is 35.0 Å². The van der Waals surface area contributed by atoms with Gasteiger partial charge in [0.25, 0.3) is 0 Å². The summed E-state index contributed by atoms with van der Waals surface area (Å²) < 4.78 is 10.4. The minimum atomic E-state index is -0.463. The van der Waals surface area contributed by atoms with Gasteiger partial charge in [0, 0.05) is 13.1 Å². The summed E-state index contributed by atoms with van der Waals surface area (Å²) in [5.74, 6) is 1.23. The molecule has 0 bridgehead atoms. The maximum absolute atomic E-state index is 11.5. The average molecular weight is 783 g/mol. The SMILES string of the molecule is CC(C)(C)OC(=O)NCC1CCCCC1.CC(C)(C)OC(=O)NCC1CCN(CC(N)=O)CC1.NCC1CCN(CC(N)=O)CC1.[I-]. The number of carbonyl (C=O) groups is 4. The highest BCUT2D eigenvalue weighted by Crippen LogP contribution is 2.23. The van der Waals surface area contributed by atoms with Crippen LogP contribution in [0.2, 0.25) is 0 Å². The molecule has 0 unspecified atom stereocenters. The third kappa shape index (κ3) is 24.8. The minimum Gasteiger partial charge on any atom is -1.00 e. The maximum Gasteiger partial charge on any atom is 0.407 e. The maximum atomic E-state index is 11.5. The van der Waals surface area contributed by atoms with Crippen LogP contribution >= 0.6 is 0 Å². The topological polar surface area (TPSA) is 195 Å². The summed E-state index contributed by atoms with van der Waals surface area (Å²) in [5.41, 5.74) is 14.9. The van der Waals surface area contributed by atoms with Crippen molar-refractivity contribution in [3.63, 3.8) is 0 Å². The third-order valence-electron chi connectivity index (χ3n) is 8.10. The lowest BCUT2D eigenvalue weighted by molar-refractivity contribution is -0.120. The van der Waals surface area contributed by atoms with E-state index < -0.39 is 11.2 Å². The Morgan fingerprint density at radius 2 is 0.957 bits per heavy atom. The summed E-state index contributed by atoms with van der Waals surface area (Å²) in [6.07, 6.45) is 9.93. The number of amides is 4. The average Bonchev–Trinajstić information content (AvgIpc) is 2.95. The normalized spacial score (nSPS) is 18.6. The van der Waals surface area contributed by atoms with Gasteiger partial charge in [0.1, 0.15) is 11.2 Å². The Labute approximate surface area is 300 Å². The van der Waals surface area contributed by atoms with Gasteiger partial charge in [-0.15, -0.1) is 0 Å². The lowest BCUT2D eigenvalue weighted by Gasteiger charge is -2.31. The molecule has 13 nitrogen and oxygen atoms in total. The zero-order valence-electron chi connectivity index (χ0n) is 29.9. The Hall–Kier alpha value is -1.91. The molecule has 4 amide bonds. The van der Waals surface area contributed by atoms with E-state index in [0.717, 1.165) is 65.0 Å². The molecule has 0 aromatic carbocycles. The van der Waals surface area contributed by atoms with E-state index in [0.29, 0.717) is 37.4 Å². The number of carbonyl (C=O) groups excluding carboxylic acids is 4. The van der Waals surface area contributed by atoms with Crippen LogP contribution in [0.5, 0.6) is 0 Å². The van der Waals surface area contributed by atoms with Crippen molar-refractivity contribution in [1.29, 1.82) is 0 Å². The predicted molar refractivity (Wildman–Crippen MR) is 181 cm³/mol. The number of hydrogen-bond donors (Lipinski definition) is 5. The van der Waals surface area contributed by atoms with E-state index in [1.165, 1.54) is 32.1 Å². The van der Waals surface area contributed by atoms with Gasteiger partial charge in [0.05, 0.1) is 13.1 Å². The molecule has 3 fully saturated rings. The van der Waals surface area contributed by atoms with Crippen LogP contribution < -0.4 is 51.8 Å². The molecule has 3 aliphatic rings. The van der Waals surface area contributed by atoms with Gasteiger partial charge in [-0.1, -0.05) is 19.3 Å². The standard InChI is InChI=1S/C13H25N3O3.C12H23NO2.C8H17N3O.HI/c1-13(2,3)19-12(18)15-8-10-4-6-16(7-5-10)9-11(14)17;1-12(2,3)15-11(14)13-9-10-7-5-4-6-8-10;9-5-7-1-3-11(4-2-7)6-8(10)12;/h10H,4-9H2,1-3H3,(H2,14,17)(H,15,18);10H,4-9H2,1-3H3,(H,13,14);7H,1-6,9H2,(H2,10,12);1H/p-1. The largest absolute Gasteiger partial charge is 1.00 e. The molecule has 1 aliphatic carbocycles. The molecule has 0 atom stereocenters. The summed E-state index contributed by atoms with van der Waals surface area (Å²) >= 11 is 0. The molecule has 8 N–H and O–H groups in total. The van der Waals surface area contributed by atoms with Gasteiger partial charge in [-0.2, -0.15) is 0 Å². The highest BCUT2D eigenvalue weighted by atomic mass is 127. The van der Waals surface area contributed by atoms with Crippen LogP contribution in [-0.4, -0.2) is 104 Å². The number of alkyl carbamates (subject to hydrolysis) is 2. The van der Waals surface area contributed by atoms with Gasteiger partial charge in [0.15, 0.2) is 0 Å². The Kier molecular flexibility index (Phi) is 22.5. The Balaban J connectivity index is 0.000000685. The second-order valence-corrected chi connectivity index (χ2v) is 14.9. The van der Waals surface area contributed by atoms with E-state index in [1.54, 1.807) is 0 Å². The molecule has 2 heterocycles. The van der Waals surface area contributed by atoms with Crippen molar-refractivity contribution in [2.45, 2.75) is 111 Å². The van der Waals surface area contributed by atoms with Crippen LogP contribution in [0.1, 0.15) is 99.3 Å². The van der Waals surface area contributed by atoms with Crippen molar-refractivity contribution < 1.29 is 52.6 Å². The van der Waals surface area contributed by atoms with E-state index in [9.17, 15) is 19.2 Å². The van der Waals surface area contributed by atoms with Crippen LogP contribution in [0.15, 0.2) is 0 Å². The Morgan fingerprint density at radius 3 is 1.28 bits per heavy atom. The van der Waals surface area contributed by atoms with E-state index in [4.69, 9.17) is 26.7 Å². The number of piperidine rings is 2. The molecular formula is C33H65IN7O6-. The van der Waals surface area contributed by atoms with Gasteiger partial charge < -0.3 is 61.3 Å². The quantitative estimate of drug-likeness (QED) is 0.199. The number of nitrogens with zero attached hydrogens (tertiary/aromatic N) is 2. The van der Waals surface area contributed by atoms with Crippen LogP contribution in [0.3, 0.4) is 0 Å². The lowest BCUT2D eigenvalue weighted by atomic mass is 9.89. The van der Waals surface area contributed by atoms with E-state index >= 15 is 0 Å². The molecule has 0 aromatic rings. The first-order valence-corrected chi connectivity index (χ1v) is 17.1. The van der Waals surface area contributed by atoms with Crippen molar-refractivity contribution in [2.75, 3.05) is 58.9 Å². The van der Waals surface area contributed by atoms with Gasteiger partial charge in [-0.05, 0) is 131 Å². The number of likely N-dealkylation sites (tertiary alicyclic amines) is 2. The lowest BCUT2D eigenvalue weighted by Crippen LogP contribution is -3.00. The number of nitrogens with one attached hydrogen (secondary N) is 2. The summed E-state index contributed by atoms with van der Waals surface area (Å²) in [5, 5.41) is 5.64. The first-order valence-electron chi connectivity index (χ1n) is 17.1. The van der Waals surface area contributed by atoms with Gasteiger partial charge in [0.2, 0.25) is 11.8 Å². The first kappa shape index (κ1) is 45.1. The minimum absolute atomic E-state index is 0. The molecule has 2 saturated heterocycles. The van der Waals surface area contributed by atoms with Gasteiger partial charge in [-0.25, -0.2) is 9.59 Å². The summed E-state index contributed by atoms with van der Waals surface area (Å²) in [6.45, 7) is 17.7. The van der Waals surface area contributed by atoms with Crippen LogP contribution in [-0.2, 0) is 19.1 Å². The van der Waals surface area contributed by atoms with Crippen molar-refractivity contribution >= 4 is 24.0 Å². The predicted octanol–water partition coefficient (Wildman–Crippen LogP) is -0.0538. The molecule has 276 valence electrons. The highest BCUT2D eigenvalue weighted by molar-refractivity contribution is 5.76. The van der Waals surface area contributed by atoms with Crippen LogP contribution in [0.25, 0.3) is 0 Å². The summed E-state index contributed by atoms with van der Waals surface area (Å²) in [7, 11) is 0. The molecule has 47 heavy (non-hydrogen) atoms. The molecule has 2 aliphatic heterocycles. The first-order chi connectivity index (χ1) is 21.5. The number of halogens is 1. The molecule has 0 radical (unpaired) electrons. The van der Waals surface area contributed by atoms with Crippen LogP contribution in [0, 0.1) is 17.8 Å². The van der Waals surface area contributed by atoms with E-state index in [-0.39, 0.29) is 48.0 Å². The number of hydrogen-bond acceptors (Lipinski definition) is 9. The number of rotatable bonds is 9. The molecule has 3 rings (SSSR count). The fraction of sp³-hybridized carbons (Fsp3) is 0.879.